The van der Waals surface area contributed by atoms with Crippen LogP contribution in [-0.4, -0.2) is 56.1 Å². The first-order valence-electron chi connectivity index (χ1n) is 8.98. The van der Waals surface area contributed by atoms with Crippen LogP contribution >= 0.6 is 11.3 Å². The number of thiazole rings is 1. The number of rotatable bonds is 6. The van der Waals surface area contributed by atoms with Gasteiger partial charge in [0.2, 0.25) is 0 Å². The minimum Gasteiger partial charge on any atom is -0.390 e. The van der Waals surface area contributed by atoms with Crippen molar-refractivity contribution in [2.45, 2.75) is 51.8 Å². The second-order valence-electron chi connectivity index (χ2n) is 6.66. The Balaban J connectivity index is 1.57. The number of β-amino-alcohol motifs (C(OH)–C–C–N with tert-alkyl or cyclic N) is 1. The van der Waals surface area contributed by atoms with Gasteiger partial charge in [-0.2, -0.15) is 0 Å². The second kappa shape index (κ2) is 8.66. The fourth-order valence-electron chi connectivity index (χ4n) is 3.25. The molecule has 0 aliphatic carbocycles. The predicted octanol–water partition coefficient (Wildman–Crippen LogP) is 1.56. The van der Waals surface area contributed by atoms with Crippen molar-refractivity contribution in [3.63, 3.8) is 0 Å². The number of aryl methyl sites for hydroxylation is 2. The van der Waals surface area contributed by atoms with E-state index < -0.39 is 6.10 Å². The Bertz CT molecular complexity index is 751. The van der Waals surface area contributed by atoms with Crippen LogP contribution in [0.25, 0.3) is 0 Å². The molecular formula is C18H25N5O2S. The highest BCUT2D eigenvalue weighted by Gasteiger charge is 2.30. The monoisotopic (exact) mass is 375 g/mol. The minimum absolute atomic E-state index is 0.207. The summed E-state index contributed by atoms with van der Waals surface area (Å²) < 4.78 is 0. The highest BCUT2D eigenvalue weighted by atomic mass is 32.1. The molecule has 1 fully saturated rings. The van der Waals surface area contributed by atoms with Gasteiger partial charge >= 0.3 is 0 Å². The predicted molar refractivity (Wildman–Crippen MR) is 100 cm³/mol. The molecule has 26 heavy (non-hydrogen) atoms. The van der Waals surface area contributed by atoms with Crippen molar-refractivity contribution >= 4 is 17.2 Å². The van der Waals surface area contributed by atoms with E-state index in [1.54, 1.807) is 17.5 Å². The van der Waals surface area contributed by atoms with Crippen LogP contribution in [0.3, 0.4) is 0 Å². The molecule has 1 amide bonds. The van der Waals surface area contributed by atoms with E-state index >= 15 is 0 Å². The quantitative estimate of drug-likeness (QED) is 0.796. The summed E-state index contributed by atoms with van der Waals surface area (Å²) in [6, 6.07) is -0.259. The van der Waals surface area contributed by atoms with Gasteiger partial charge in [0.25, 0.3) is 5.91 Å². The third kappa shape index (κ3) is 4.63. The third-order valence-corrected chi connectivity index (χ3v) is 5.38. The molecule has 0 spiro atoms. The van der Waals surface area contributed by atoms with E-state index in [0.29, 0.717) is 18.5 Å². The fourth-order valence-corrected chi connectivity index (χ4v) is 3.85. The van der Waals surface area contributed by atoms with Crippen LogP contribution in [0.1, 0.15) is 46.5 Å². The summed E-state index contributed by atoms with van der Waals surface area (Å²) in [5.74, 6) is -0.207. The van der Waals surface area contributed by atoms with Crippen LogP contribution < -0.4 is 5.32 Å². The van der Waals surface area contributed by atoms with Crippen molar-refractivity contribution in [3.8, 4) is 0 Å². The zero-order chi connectivity index (χ0) is 18.5. The maximum absolute atomic E-state index is 12.6. The average Bonchev–Trinajstić information content (AvgIpc) is 3.03. The van der Waals surface area contributed by atoms with Gasteiger partial charge in [0.1, 0.15) is 6.33 Å². The van der Waals surface area contributed by atoms with E-state index in [-0.39, 0.29) is 11.9 Å². The summed E-state index contributed by atoms with van der Waals surface area (Å²) >= 11 is 1.64. The Hall–Kier alpha value is -1.90. The molecule has 3 rings (SSSR count). The Labute approximate surface area is 157 Å². The fraction of sp³-hybridized carbons (Fsp3) is 0.556. The Morgan fingerprint density at radius 3 is 3.04 bits per heavy atom. The summed E-state index contributed by atoms with van der Waals surface area (Å²) in [6.45, 7) is 6.10. The molecule has 1 aliphatic rings. The number of aromatic nitrogens is 3. The number of aliphatic hydroxyl groups excluding tert-OH is 1. The Morgan fingerprint density at radius 2 is 2.35 bits per heavy atom. The van der Waals surface area contributed by atoms with Crippen molar-refractivity contribution in [2.75, 3.05) is 13.1 Å². The number of hydrogen-bond acceptors (Lipinski definition) is 7. The van der Waals surface area contributed by atoms with Crippen molar-refractivity contribution < 1.29 is 9.90 Å². The first kappa shape index (κ1) is 18.9. The molecule has 140 valence electrons. The maximum atomic E-state index is 12.6. The summed E-state index contributed by atoms with van der Waals surface area (Å²) in [5, 5.41) is 16.6. The number of hydrogen-bond donors (Lipinski definition) is 2. The number of nitrogens with zero attached hydrogens (tertiary/aromatic N) is 4. The lowest BCUT2D eigenvalue weighted by molar-refractivity contribution is 0.0345. The number of carbonyl (C=O) groups is 1. The molecular weight excluding hydrogens is 350 g/mol. The van der Waals surface area contributed by atoms with Crippen LogP contribution in [0.15, 0.2) is 17.9 Å². The van der Waals surface area contributed by atoms with Gasteiger partial charge < -0.3 is 10.4 Å². The lowest BCUT2D eigenvalue weighted by Gasteiger charge is -2.36. The Morgan fingerprint density at radius 1 is 1.50 bits per heavy atom. The van der Waals surface area contributed by atoms with Crippen molar-refractivity contribution in [1.82, 2.24) is 25.2 Å². The molecule has 0 aromatic carbocycles. The van der Waals surface area contributed by atoms with Gasteiger partial charge in [0, 0.05) is 31.2 Å². The molecule has 2 N–H and O–H groups in total. The van der Waals surface area contributed by atoms with E-state index in [2.05, 4.69) is 30.5 Å². The summed E-state index contributed by atoms with van der Waals surface area (Å²) in [4.78, 5) is 27.4. The molecule has 2 atom stereocenters. The molecule has 0 saturated carbocycles. The van der Waals surface area contributed by atoms with Crippen LogP contribution in [0.5, 0.6) is 0 Å². The lowest BCUT2D eigenvalue weighted by atomic mass is 10.0. The zero-order valence-electron chi connectivity index (χ0n) is 15.2. The average molecular weight is 375 g/mol. The molecule has 3 heterocycles. The summed E-state index contributed by atoms with van der Waals surface area (Å²) in [5.41, 5.74) is 2.29. The van der Waals surface area contributed by atoms with E-state index in [1.807, 2.05) is 13.8 Å². The zero-order valence-corrected chi connectivity index (χ0v) is 16.0. The molecule has 8 heteroatoms. The smallest absolute Gasteiger partial charge is 0.255 e. The molecule has 0 bridgehead atoms. The van der Waals surface area contributed by atoms with Crippen molar-refractivity contribution in [2.24, 2.45) is 0 Å². The highest BCUT2D eigenvalue weighted by molar-refractivity contribution is 7.09. The van der Waals surface area contributed by atoms with Crippen LogP contribution in [0.2, 0.25) is 0 Å². The first-order chi connectivity index (χ1) is 12.6. The van der Waals surface area contributed by atoms with Crippen LogP contribution in [-0.2, 0) is 13.0 Å². The number of carbonyl (C=O) groups excluding carboxylic acids is 1. The van der Waals surface area contributed by atoms with Gasteiger partial charge in [-0.15, -0.1) is 11.3 Å². The van der Waals surface area contributed by atoms with Crippen LogP contribution in [0.4, 0.5) is 0 Å². The number of likely N-dealkylation sites (tertiary alicyclic amines) is 1. The topological polar surface area (TPSA) is 91.2 Å². The van der Waals surface area contributed by atoms with Gasteiger partial charge in [0.05, 0.1) is 34.1 Å². The molecule has 1 aliphatic heterocycles. The maximum Gasteiger partial charge on any atom is 0.255 e. The normalized spacial score (nSPS) is 20.9. The number of amides is 1. The van der Waals surface area contributed by atoms with Gasteiger partial charge in [-0.3, -0.25) is 9.69 Å². The summed E-state index contributed by atoms with van der Waals surface area (Å²) in [6.07, 6.45) is 4.77. The standard InChI is InChI=1S/C18H25N5O2S/c1-3-4-15-14(7-19-11-20-15)18(25)22-16-5-6-23(9-17(16)24)8-13-10-26-12(2)21-13/h7,10-11,16-17,24H,3-6,8-9H2,1-2H3,(H,22,25)/t16-,17-/m1/s1. The van der Waals surface area contributed by atoms with Gasteiger partial charge in [-0.1, -0.05) is 13.3 Å². The third-order valence-electron chi connectivity index (χ3n) is 4.56. The second-order valence-corrected chi connectivity index (χ2v) is 7.72. The number of piperidine rings is 1. The molecule has 1 saturated heterocycles. The van der Waals surface area contributed by atoms with Crippen LogP contribution in [0, 0.1) is 6.92 Å². The van der Waals surface area contributed by atoms with E-state index in [4.69, 9.17) is 0 Å². The SMILES string of the molecule is CCCc1ncncc1C(=O)N[C@@H]1CCN(Cc2csc(C)n2)C[C@H]1O. The number of aliphatic hydroxyl groups is 1. The molecule has 2 aromatic rings. The van der Waals surface area contributed by atoms with E-state index in [1.165, 1.54) is 6.33 Å². The summed E-state index contributed by atoms with van der Waals surface area (Å²) in [7, 11) is 0. The van der Waals surface area contributed by atoms with Gasteiger partial charge in [-0.05, 0) is 19.8 Å². The lowest BCUT2D eigenvalue weighted by Crippen LogP contribution is -2.53. The molecule has 2 aromatic heterocycles. The molecule has 7 nitrogen and oxygen atoms in total. The van der Waals surface area contributed by atoms with Gasteiger partial charge in [-0.25, -0.2) is 15.0 Å². The Kier molecular flexibility index (Phi) is 6.29. The molecule has 0 unspecified atom stereocenters. The van der Waals surface area contributed by atoms with E-state index in [0.717, 1.165) is 42.3 Å². The minimum atomic E-state index is -0.605. The van der Waals surface area contributed by atoms with E-state index in [9.17, 15) is 9.90 Å². The molecule has 0 radical (unpaired) electrons. The number of nitrogens with one attached hydrogen (secondary N) is 1. The van der Waals surface area contributed by atoms with Gasteiger partial charge in [0.15, 0.2) is 0 Å². The highest BCUT2D eigenvalue weighted by Crippen LogP contribution is 2.17. The van der Waals surface area contributed by atoms with Crippen molar-refractivity contribution in [1.29, 1.82) is 0 Å². The van der Waals surface area contributed by atoms with Crippen molar-refractivity contribution in [3.05, 3.63) is 39.9 Å². The first-order valence-corrected chi connectivity index (χ1v) is 9.86. The largest absolute Gasteiger partial charge is 0.390 e.